The molecule has 4 rings (SSSR count). The average molecular weight is 383 g/mol. The molecule has 0 radical (unpaired) electrons. The smallest absolute Gasteiger partial charge is 0.254 e. The van der Waals surface area contributed by atoms with Gasteiger partial charge in [0.2, 0.25) is 0 Å². The zero-order chi connectivity index (χ0) is 19.7. The van der Waals surface area contributed by atoms with Gasteiger partial charge in [-0.25, -0.2) is 4.39 Å². The second-order valence-electron chi connectivity index (χ2n) is 6.94. The molecule has 1 amide bonds. The van der Waals surface area contributed by atoms with Crippen LogP contribution in [0.5, 0.6) is 5.75 Å². The van der Waals surface area contributed by atoms with E-state index >= 15 is 0 Å². The van der Waals surface area contributed by atoms with E-state index in [4.69, 9.17) is 9.15 Å². The van der Waals surface area contributed by atoms with Crippen molar-refractivity contribution in [2.75, 3.05) is 7.11 Å². The molecule has 0 bridgehead atoms. The molecule has 1 aliphatic rings. The zero-order valence-corrected chi connectivity index (χ0v) is 15.9. The van der Waals surface area contributed by atoms with Gasteiger partial charge in [0, 0.05) is 18.3 Å². The van der Waals surface area contributed by atoms with Crippen molar-refractivity contribution >= 4 is 5.91 Å². The number of aryl methyl sites for hydroxylation is 1. The summed E-state index contributed by atoms with van der Waals surface area (Å²) in [5.41, 5.74) is 3.61. The van der Waals surface area contributed by atoms with Gasteiger partial charge in [0.25, 0.3) is 5.91 Å². The van der Waals surface area contributed by atoms with Crippen molar-refractivity contribution in [1.29, 1.82) is 0 Å². The lowest BCUT2D eigenvalue weighted by molar-refractivity contribution is 0.0714. The van der Waals surface area contributed by atoms with Gasteiger partial charge >= 0.3 is 0 Å². The van der Waals surface area contributed by atoms with Crippen LogP contribution in [0.25, 0.3) is 0 Å². The van der Waals surface area contributed by atoms with Crippen LogP contribution in [0.15, 0.2) is 41.0 Å². The van der Waals surface area contributed by atoms with Crippen molar-refractivity contribution in [2.45, 2.75) is 32.4 Å². The molecule has 0 aliphatic heterocycles. The lowest BCUT2D eigenvalue weighted by atomic mass is 10.1. The van der Waals surface area contributed by atoms with Gasteiger partial charge in [-0.15, -0.1) is 0 Å². The molecule has 1 aromatic carbocycles. The third-order valence-corrected chi connectivity index (χ3v) is 5.15. The second kappa shape index (κ2) is 7.50. The molecule has 3 aromatic rings. The molecule has 0 saturated carbocycles. The van der Waals surface area contributed by atoms with E-state index in [0.717, 1.165) is 25.0 Å². The highest BCUT2D eigenvalue weighted by Crippen LogP contribution is 2.27. The first-order valence-corrected chi connectivity index (χ1v) is 9.25. The molecule has 0 N–H and O–H groups in total. The normalized spacial score (nSPS) is 12.8. The first-order valence-electron chi connectivity index (χ1n) is 9.25. The Labute approximate surface area is 162 Å². The van der Waals surface area contributed by atoms with Crippen molar-refractivity contribution in [3.8, 4) is 5.75 Å². The second-order valence-corrected chi connectivity index (χ2v) is 6.94. The minimum atomic E-state index is -0.565. The summed E-state index contributed by atoms with van der Waals surface area (Å²) in [5.74, 6) is -0.0769. The Morgan fingerprint density at radius 1 is 1.32 bits per heavy atom. The van der Waals surface area contributed by atoms with Crippen LogP contribution in [-0.2, 0) is 33.0 Å². The number of ether oxygens (including phenoxy) is 1. The Bertz CT molecular complexity index is 995. The predicted molar refractivity (Wildman–Crippen MR) is 100 cm³/mol. The summed E-state index contributed by atoms with van der Waals surface area (Å²) in [7, 11) is 3.33. The maximum atomic E-state index is 14.1. The van der Waals surface area contributed by atoms with Gasteiger partial charge in [-0.3, -0.25) is 9.48 Å². The van der Waals surface area contributed by atoms with Crippen molar-refractivity contribution in [1.82, 2.24) is 14.7 Å². The molecule has 6 nitrogen and oxygen atoms in total. The number of carbonyl (C=O) groups excluding carboxylic acids is 1. The summed E-state index contributed by atoms with van der Waals surface area (Å²) in [6.45, 7) is 0.626. The van der Waals surface area contributed by atoms with Gasteiger partial charge in [-0.1, -0.05) is 0 Å². The lowest BCUT2D eigenvalue weighted by Gasteiger charge is -2.21. The van der Waals surface area contributed by atoms with Crippen LogP contribution in [0.4, 0.5) is 4.39 Å². The maximum Gasteiger partial charge on any atom is 0.254 e. The number of amides is 1. The van der Waals surface area contributed by atoms with Crippen molar-refractivity contribution in [3.05, 3.63) is 70.7 Å². The summed E-state index contributed by atoms with van der Waals surface area (Å²) < 4.78 is 26.4. The van der Waals surface area contributed by atoms with Crippen LogP contribution < -0.4 is 4.74 Å². The molecule has 28 heavy (non-hydrogen) atoms. The largest absolute Gasteiger partial charge is 0.494 e. The van der Waals surface area contributed by atoms with Crippen LogP contribution in [0.2, 0.25) is 0 Å². The van der Waals surface area contributed by atoms with E-state index in [-0.39, 0.29) is 23.8 Å². The number of aromatic nitrogens is 2. The zero-order valence-electron chi connectivity index (χ0n) is 15.9. The van der Waals surface area contributed by atoms with Gasteiger partial charge in [0.15, 0.2) is 11.6 Å². The van der Waals surface area contributed by atoms with Crippen LogP contribution in [0.3, 0.4) is 0 Å². The quantitative estimate of drug-likeness (QED) is 0.654. The summed E-state index contributed by atoms with van der Waals surface area (Å²) in [5, 5.41) is 4.62. The minimum Gasteiger partial charge on any atom is -0.494 e. The standard InChI is InChI=1S/C21H22FN3O3/c1-24-19-7-3-6-16(19)18(23-24)13-25(12-15-5-4-10-28-15)21(26)14-8-9-20(27-2)17(22)11-14/h4-5,8-11H,3,6-7,12-13H2,1-2H3. The minimum absolute atomic E-state index is 0.108. The molecule has 146 valence electrons. The van der Waals surface area contributed by atoms with E-state index < -0.39 is 5.82 Å². The van der Waals surface area contributed by atoms with Crippen molar-refractivity contribution in [2.24, 2.45) is 7.05 Å². The van der Waals surface area contributed by atoms with Crippen LogP contribution in [0, 0.1) is 5.82 Å². The highest BCUT2D eigenvalue weighted by molar-refractivity contribution is 5.94. The van der Waals surface area contributed by atoms with E-state index in [1.54, 1.807) is 23.3 Å². The third kappa shape index (κ3) is 3.40. The Balaban J connectivity index is 1.64. The molecule has 0 saturated heterocycles. The molecular formula is C21H22FN3O3. The molecular weight excluding hydrogens is 361 g/mol. The van der Waals surface area contributed by atoms with Crippen molar-refractivity contribution < 1.29 is 18.3 Å². The first kappa shape index (κ1) is 18.3. The molecule has 7 heteroatoms. The Hall–Kier alpha value is -3.09. The molecule has 2 aromatic heterocycles. The fraction of sp³-hybridized carbons (Fsp3) is 0.333. The number of hydrogen-bond donors (Lipinski definition) is 0. The first-order chi connectivity index (χ1) is 13.6. The molecule has 0 unspecified atom stereocenters. The topological polar surface area (TPSA) is 60.5 Å². The number of nitrogens with zero attached hydrogens (tertiary/aromatic N) is 3. The SMILES string of the molecule is COc1ccc(C(=O)N(Cc2ccco2)Cc2nn(C)c3c2CCC3)cc1F. The van der Waals surface area contributed by atoms with E-state index in [1.807, 2.05) is 17.8 Å². The van der Waals surface area contributed by atoms with E-state index in [0.29, 0.717) is 12.3 Å². The molecule has 0 fully saturated rings. The summed E-state index contributed by atoms with van der Waals surface area (Å²) in [6.07, 6.45) is 4.65. The van der Waals surface area contributed by atoms with Gasteiger partial charge in [-0.05, 0) is 55.2 Å². The fourth-order valence-electron chi connectivity index (χ4n) is 3.78. The number of methoxy groups -OCH3 is 1. The number of benzene rings is 1. The Morgan fingerprint density at radius 3 is 2.89 bits per heavy atom. The number of hydrogen-bond acceptors (Lipinski definition) is 4. The summed E-state index contributed by atoms with van der Waals surface area (Å²) in [4.78, 5) is 14.8. The predicted octanol–water partition coefficient (Wildman–Crippen LogP) is 3.49. The van der Waals surface area contributed by atoms with Gasteiger partial charge in [-0.2, -0.15) is 5.10 Å². The maximum absolute atomic E-state index is 14.1. The van der Waals surface area contributed by atoms with Crippen LogP contribution >= 0.6 is 0 Å². The lowest BCUT2D eigenvalue weighted by Crippen LogP contribution is -2.30. The van der Waals surface area contributed by atoms with Crippen LogP contribution in [0.1, 0.15) is 39.5 Å². The third-order valence-electron chi connectivity index (χ3n) is 5.15. The summed E-state index contributed by atoms with van der Waals surface area (Å²) >= 11 is 0. The van der Waals surface area contributed by atoms with Crippen molar-refractivity contribution in [3.63, 3.8) is 0 Å². The average Bonchev–Trinajstić information content (AvgIpc) is 3.42. The van der Waals surface area contributed by atoms with Gasteiger partial charge in [0.1, 0.15) is 5.76 Å². The molecule has 0 spiro atoms. The van der Waals surface area contributed by atoms with Crippen LogP contribution in [-0.4, -0.2) is 27.7 Å². The van der Waals surface area contributed by atoms with Gasteiger partial charge in [0.05, 0.1) is 32.2 Å². The van der Waals surface area contributed by atoms with E-state index in [2.05, 4.69) is 5.10 Å². The number of carbonyl (C=O) groups is 1. The molecule has 1 aliphatic carbocycles. The fourth-order valence-corrected chi connectivity index (χ4v) is 3.78. The van der Waals surface area contributed by atoms with E-state index in [1.165, 1.54) is 30.5 Å². The highest BCUT2D eigenvalue weighted by atomic mass is 19.1. The monoisotopic (exact) mass is 383 g/mol. The number of halogens is 1. The number of furan rings is 1. The molecule has 0 atom stereocenters. The molecule has 2 heterocycles. The number of rotatable bonds is 6. The summed E-state index contributed by atoms with van der Waals surface area (Å²) in [6, 6.07) is 7.84. The Morgan fingerprint density at radius 2 is 2.18 bits per heavy atom. The highest BCUT2D eigenvalue weighted by Gasteiger charge is 2.25. The Kier molecular flexibility index (Phi) is 4.90. The van der Waals surface area contributed by atoms with E-state index in [9.17, 15) is 9.18 Å². The van der Waals surface area contributed by atoms with Gasteiger partial charge < -0.3 is 14.1 Å². The number of fused-ring (bicyclic) bond motifs is 1.